The van der Waals surface area contributed by atoms with E-state index >= 15 is 0 Å². The first-order valence-electron chi connectivity index (χ1n) is 6.72. The first-order chi connectivity index (χ1) is 9.70. The molecule has 0 radical (unpaired) electrons. The Hall–Kier alpha value is -1.94. The van der Waals surface area contributed by atoms with Crippen LogP contribution in [0.25, 0.3) is 0 Å². The molecule has 2 rings (SSSR count). The van der Waals surface area contributed by atoms with Crippen LogP contribution in [0, 0.1) is 12.7 Å². The van der Waals surface area contributed by atoms with Crippen LogP contribution in [0.2, 0.25) is 0 Å². The number of halogens is 1. The molecular weight excluding hydrogens is 255 g/mol. The largest absolute Gasteiger partial charge is 0.485 e. The van der Waals surface area contributed by atoms with Crippen LogP contribution in [0.1, 0.15) is 23.6 Å². The van der Waals surface area contributed by atoms with Gasteiger partial charge in [-0.1, -0.05) is 19.1 Å². The highest BCUT2D eigenvalue weighted by Crippen LogP contribution is 2.23. The lowest BCUT2D eigenvalue weighted by atomic mass is 10.2. The maximum Gasteiger partial charge on any atom is 0.165 e. The molecule has 0 bridgehead atoms. The van der Waals surface area contributed by atoms with Gasteiger partial charge in [-0.25, -0.2) is 4.39 Å². The molecule has 0 aliphatic rings. The molecule has 1 heterocycles. The Morgan fingerprint density at radius 1 is 1.30 bits per heavy atom. The molecule has 0 amide bonds. The SMILES string of the molecule is CCNCc1cccc(F)c1OCc1cncc(C)c1. The number of hydrogen-bond donors (Lipinski definition) is 1. The standard InChI is InChI=1S/C16H19FN2O/c1-3-18-10-14-5-4-6-15(17)16(14)20-11-13-7-12(2)8-19-9-13/h4-9,18H,3,10-11H2,1-2H3. The number of nitrogens with zero attached hydrogens (tertiary/aromatic N) is 1. The number of hydrogen-bond acceptors (Lipinski definition) is 3. The second-order valence-electron chi connectivity index (χ2n) is 4.67. The lowest BCUT2D eigenvalue weighted by Crippen LogP contribution is -2.13. The minimum Gasteiger partial charge on any atom is -0.485 e. The second-order valence-corrected chi connectivity index (χ2v) is 4.67. The number of pyridine rings is 1. The van der Waals surface area contributed by atoms with E-state index < -0.39 is 0 Å². The second kappa shape index (κ2) is 7.01. The molecule has 0 saturated carbocycles. The molecule has 0 saturated heterocycles. The minimum absolute atomic E-state index is 0.314. The first-order valence-corrected chi connectivity index (χ1v) is 6.72. The van der Waals surface area contributed by atoms with Crippen LogP contribution in [-0.2, 0) is 13.2 Å². The number of benzene rings is 1. The van der Waals surface area contributed by atoms with Crippen LogP contribution in [0.4, 0.5) is 4.39 Å². The van der Waals surface area contributed by atoms with Gasteiger partial charge in [0, 0.05) is 30.1 Å². The lowest BCUT2D eigenvalue weighted by molar-refractivity contribution is 0.285. The predicted octanol–water partition coefficient (Wildman–Crippen LogP) is 3.22. The maximum atomic E-state index is 13.9. The van der Waals surface area contributed by atoms with Crippen LogP contribution < -0.4 is 10.1 Å². The molecule has 0 spiro atoms. The fourth-order valence-corrected chi connectivity index (χ4v) is 1.97. The molecule has 0 aliphatic heterocycles. The van der Waals surface area contributed by atoms with Gasteiger partial charge in [-0.3, -0.25) is 4.98 Å². The quantitative estimate of drug-likeness (QED) is 0.878. The van der Waals surface area contributed by atoms with E-state index in [9.17, 15) is 4.39 Å². The van der Waals surface area contributed by atoms with Gasteiger partial charge >= 0.3 is 0 Å². The van der Waals surface area contributed by atoms with Gasteiger partial charge in [-0.05, 0) is 31.2 Å². The third kappa shape index (κ3) is 3.78. The van der Waals surface area contributed by atoms with E-state index in [1.54, 1.807) is 18.5 Å². The molecule has 4 heteroatoms. The normalized spacial score (nSPS) is 10.6. The van der Waals surface area contributed by atoms with E-state index in [0.717, 1.165) is 23.2 Å². The van der Waals surface area contributed by atoms with Gasteiger partial charge in [0.2, 0.25) is 0 Å². The summed E-state index contributed by atoms with van der Waals surface area (Å²) in [4.78, 5) is 4.10. The Bertz CT molecular complexity index is 572. The van der Waals surface area contributed by atoms with E-state index in [2.05, 4.69) is 10.3 Å². The summed E-state index contributed by atoms with van der Waals surface area (Å²) in [5.41, 5.74) is 2.82. The summed E-state index contributed by atoms with van der Waals surface area (Å²) in [6, 6.07) is 6.97. The van der Waals surface area contributed by atoms with Crippen molar-refractivity contribution in [1.82, 2.24) is 10.3 Å². The molecule has 20 heavy (non-hydrogen) atoms. The van der Waals surface area contributed by atoms with E-state index in [1.807, 2.05) is 26.0 Å². The van der Waals surface area contributed by atoms with E-state index in [-0.39, 0.29) is 5.82 Å². The zero-order chi connectivity index (χ0) is 14.4. The van der Waals surface area contributed by atoms with Crippen molar-refractivity contribution in [1.29, 1.82) is 0 Å². The van der Waals surface area contributed by atoms with Gasteiger partial charge in [0.15, 0.2) is 11.6 Å². The Morgan fingerprint density at radius 2 is 2.15 bits per heavy atom. The number of nitrogens with one attached hydrogen (secondary N) is 1. The fraction of sp³-hybridized carbons (Fsp3) is 0.312. The summed E-state index contributed by atoms with van der Waals surface area (Å²) >= 11 is 0. The van der Waals surface area contributed by atoms with Crippen molar-refractivity contribution in [2.75, 3.05) is 6.54 Å². The summed E-state index contributed by atoms with van der Waals surface area (Å²) < 4.78 is 19.5. The molecular formula is C16H19FN2O. The molecule has 0 unspecified atom stereocenters. The number of para-hydroxylation sites is 1. The Kier molecular flexibility index (Phi) is 5.07. The number of ether oxygens (including phenoxy) is 1. The highest BCUT2D eigenvalue weighted by atomic mass is 19.1. The number of aromatic nitrogens is 1. The van der Waals surface area contributed by atoms with Crippen LogP contribution >= 0.6 is 0 Å². The van der Waals surface area contributed by atoms with E-state index in [0.29, 0.717) is 18.9 Å². The minimum atomic E-state index is -0.332. The average Bonchev–Trinajstić information content (AvgIpc) is 2.44. The van der Waals surface area contributed by atoms with Crippen molar-refractivity contribution in [3.63, 3.8) is 0 Å². The Balaban J connectivity index is 2.11. The Morgan fingerprint density at radius 3 is 2.90 bits per heavy atom. The van der Waals surface area contributed by atoms with Gasteiger partial charge < -0.3 is 10.1 Å². The van der Waals surface area contributed by atoms with Gasteiger partial charge in [0.05, 0.1) is 0 Å². The van der Waals surface area contributed by atoms with Crippen LogP contribution in [0.3, 0.4) is 0 Å². The topological polar surface area (TPSA) is 34.1 Å². The predicted molar refractivity (Wildman–Crippen MR) is 77.1 cm³/mol. The van der Waals surface area contributed by atoms with Crippen molar-refractivity contribution in [2.24, 2.45) is 0 Å². The summed E-state index contributed by atoms with van der Waals surface area (Å²) in [6.45, 7) is 5.72. The van der Waals surface area contributed by atoms with Crippen LogP contribution in [-0.4, -0.2) is 11.5 Å². The monoisotopic (exact) mass is 274 g/mol. The molecule has 0 atom stereocenters. The summed E-state index contributed by atoms with van der Waals surface area (Å²) in [5, 5.41) is 3.18. The van der Waals surface area contributed by atoms with Crippen molar-refractivity contribution < 1.29 is 9.13 Å². The van der Waals surface area contributed by atoms with Gasteiger partial charge in [-0.15, -0.1) is 0 Å². The van der Waals surface area contributed by atoms with Gasteiger partial charge in [0.1, 0.15) is 6.61 Å². The third-order valence-corrected chi connectivity index (χ3v) is 2.93. The van der Waals surface area contributed by atoms with Gasteiger partial charge in [-0.2, -0.15) is 0 Å². The van der Waals surface area contributed by atoms with Crippen molar-refractivity contribution in [3.8, 4) is 5.75 Å². The summed E-state index contributed by atoms with van der Waals surface area (Å²) in [6.07, 6.45) is 3.51. The zero-order valence-electron chi connectivity index (χ0n) is 11.8. The molecule has 106 valence electrons. The first kappa shape index (κ1) is 14.5. The van der Waals surface area contributed by atoms with E-state index in [1.165, 1.54) is 6.07 Å². The molecule has 2 aromatic rings. The smallest absolute Gasteiger partial charge is 0.165 e. The van der Waals surface area contributed by atoms with Crippen molar-refractivity contribution in [3.05, 3.63) is 59.2 Å². The molecule has 1 N–H and O–H groups in total. The van der Waals surface area contributed by atoms with Crippen LogP contribution in [0.15, 0.2) is 36.7 Å². The summed E-state index contributed by atoms with van der Waals surface area (Å²) in [5.74, 6) is -0.0176. The Labute approximate surface area is 118 Å². The average molecular weight is 274 g/mol. The molecule has 1 aromatic carbocycles. The zero-order valence-corrected chi connectivity index (χ0v) is 11.8. The molecule has 1 aromatic heterocycles. The number of rotatable bonds is 6. The lowest BCUT2D eigenvalue weighted by Gasteiger charge is -2.13. The van der Waals surface area contributed by atoms with Crippen LogP contribution in [0.5, 0.6) is 5.75 Å². The maximum absolute atomic E-state index is 13.9. The molecule has 0 fully saturated rings. The van der Waals surface area contributed by atoms with Gasteiger partial charge in [0.25, 0.3) is 0 Å². The highest BCUT2D eigenvalue weighted by Gasteiger charge is 2.09. The summed E-state index contributed by atoms with van der Waals surface area (Å²) in [7, 11) is 0. The molecule has 0 aliphatic carbocycles. The number of aryl methyl sites for hydroxylation is 1. The third-order valence-electron chi connectivity index (χ3n) is 2.93. The fourth-order valence-electron chi connectivity index (χ4n) is 1.97. The van der Waals surface area contributed by atoms with E-state index in [4.69, 9.17) is 4.74 Å². The van der Waals surface area contributed by atoms with Crippen molar-refractivity contribution >= 4 is 0 Å². The highest BCUT2D eigenvalue weighted by molar-refractivity contribution is 5.35. The van der Waals surface area contributed by atoms with Crippen molar-refractivity contribution in [2.45, 2.75) is 27.0 Å². The molecule has 3 nitrogen and oxygen atoms in total.